The number of ether oxygens (including phenoxy) is 2. The van der Waals surface area contributed by atoms with Gasteiger partial charge in [-0.2, -0.15) is 4.68 Å². The van der Waals surface area contributed by atoms with Crippen molar-refractivity contribution in [3.05, 3.63) is 47.5 Å². The minimum Gasteiger partial charge on any atom is -0.493 e. The first-order chi connectivity index (χ1) is 13.9. The number of hydrogen-bond acceptors (Lipinski definition) is 7. The SMILES string of the molecule is COc1ccc(NC(=O)[C@@H](C)Sc2nnnn2-c2cc(C)ccc2C)cc1OC. The average molecular weight is 414 g/mol. The Hall–Kier alpha value is -3.07. The number of tetrazole rings is 1. The number of methoxy groups -OCH3 is 2. The lowest BCUT2D eigenvalue weighted by Crippen LogP contribution is -2.23. The van der Waals surface area contributed by atoms with E-state index in [9.17, 15) is 4.79 Å². The largest absolute Gasteiger partial charge is 0.493 e. The van der Waals surface area contributed by atoms with Gasteiger partial charge >= 0.3 is 0 Å². The lowest BCUT2D eigenvalue weighted by atomic mass is 10.1. The number of nitrogens with zero attached hydrogens (tertiary/aromatic N) is 4. The van der Waals surface area contributed by atoms with Crippen LogP contribution in [0.2, 0.25) is 0 Å². The van der Waals surface area contributed by atoms with Crippen LogP contribution in [0.25, 0.3) is 5.69 Å². The summed E-state index contributed by atoms with van der Waals surface area (Å²) in [5.74, 6) is 0.975. The molecule has 0 aliphatic rings. The van der Waals surface area contributed by atoms with Crippen molar-refractivity contribution in [2.24, 2.45) is 0 Å². The Morgan fingerprint density at radius 3 is 2.59 bits per heavy atom. The molecule has 0 fully saturated rings. The summed E-state index contributed by atoms with van der Waals surface area (Å²) >= 11 is 1.29. The first kappa shape index (κ1) is 20.7. The third-order valence-corrected chi connectivity index (χ3v) is 5.37. The molecular formula is C20H23N5O3S. The number of carbonyl (C=O) groups excluding carboxylic acids is 1. The van der Waals surface area contributed by atoms with E-state index in [1.165, 1.54) is 11.8 Å². The van der Waals surface area contributed by atoms with Gasteiger partial charge in [0.2, 0.25) is 11.1 Å². The Balaban J connectivity index is 1.74. The summed E-state index contributed by atoms with van der Waals surface area (Å²) in [6.45, 7) is 5.82. The van der Waals surface area contributed by atoms with E-state index in [0.29, 0.717) is 22.3 Å². The quantitative estimate of drug-likeness (QED) is 0.594. The van der Waals surface area contributed by atoms with Crippen LogP contribution in [0.5, 0.6) is 11.5 Å². The number of aromatic nitrogens is 4. The highest BCUT2D eigenvalue weighted by Crippen LogP contribution is 2.31. The minimum absolute atomic E-state index is 0.169. The number of anilines is 1. The molecule has 3 rings (SSSR count). The van der Waals surface area contributed by atoms with Crippen molar-refractivity contribution in [1.29, 1.82) is 0 Å². The predicted molar refractivity (Wildman–Crippen MR) is 112 cm³/mol. The second-order valence-corrected chi connectivity index (χ2v) is 7.79. The summed E-state index contributed by atoms with van der Waals surface area (Å²) in [7, 11) is 3.12. The number of amides is 1. The van der Waals surface area contributed by atoms with Gasteiger partial charge in [0.25, 0.3) is 0 Å². The molecule has 0 spiro atoms. The fourth-order valence-electron chi connectivity index (χ4n) is 2.72. The number of nitrogens with one attached hydrogen (secondary N) is 1. The maximum Gasteiger partial charge on any atom is 0.237 e. The van der Waals surface area contributed by atoms with Gasteiger partial charge in [-0.25, -0.2) is 0 Å². The van der Waals surface area contributed by atoms with Crippen molar-refractivity contribution in [3.8, 4) is 17.2 Å². The molecule has 0 radical (unpaired) electrons. The number of hydrogen-bond donors (Lipinski definition) is 1. The molecule has 0 bridgehead atoms. The van der Waals surface area contributed by atoms with Gasteiger partial charge in [0, 0.05) is 11.8 Å². The molecule has 0 saturated carbocycles. The molecule has 152 valence electrons. The molecule has 1 amide bonds. The van der Waals surface area contributed by atoms with Crippen molar-refractivity contribution in [2.45, 2.75) is 31.2 Å². The number of benzene rings is 2. The number of thioether (sulfide) groups is 1. The smallest absolute Gasteiger partial charge is 0.237 e. The predicted octanol–water partition coefficient (Wildman–Crippen LogP) is 3.42. The zero-order valence-electron chi connectivity index (χ0n) is 17.0. The molecule has 1 heterocycles. The van der Waals surface area contributed by atoms with Crippen LogP contribution in [0.15, 0.2) is 41.6 Å². The van der Waals surface area contributed by atoms with Crippen LogP contribution in [0.1, 0.15) is 18.1 Å². The zero-order valence-corrected chi connectivity index (χ0v) is 17.8. The van der Waals surface area contributed by atoms with Gasteiger partial charge in [0.05, 0.1) is 25.2 Å². The second kappa shape index (κ2) is 8.95. The molecular weight excluding hydrogens is 390 g/mol. The maximum atomic E-state index is 12.7. The molecule has 9 heteroatoms. The highest BCUT2D eigenvalue weighted by atomic mass is 32.2. The summed E-state index contributed by atoms with van der Waals surface area (Å²) in [5, 5.41) is 15.0. The summed E-state index contributed by atoms with van der Waals surface area (Å²) in [6.07, 6.45) is 0. The molecule has 0 aliphatic carbocycles. The third kappa shape index (κ3) is 4.68. The molecule has 8 nitrogen and oxygen atoms in total. The third-order valence-electron chi connectivity index (χ3n) is 4.34. The molecule has 0 aliphatic heterocycles. The molecule has 2 aromatic carbocycles. The highest BCUT2D eigenvalue weighted by Gasteiger charge is 2.20. The lowest BCUT2D eigenvalue weighted by molar-refractivity contribution is -0.115. The fourth-order valence-corrected chi connectivity index (χ4v) is 3.52. The maximum absolute atomic E-state index is 12.7. The Morgan fingerprint density at radius 2 is 1.86 bits per heavy atom. The lowest BCUT2D eigenvalue weighted by Gasteiger charge is -2.14. The summed E-state index contributed by atoms with van der Waals surface area (Å²) in [4.78, 5) is 12.7. The summed E-state index contributed by atoms with van der Waals surface area (Å²) < 4.78 is 12.2. The summed E-state index contributed by atoms with van der Waals surface area (Å²) in [5.41, 5.74) is 3.67. The highest BCUT2D eigenvalue weighted by molar-refractivity contribution is 8.00. The van der Waals surface area contributed by atoms with Crippen LogP contribution in [0, 0.1) is 13.8 Å². The van der Waals surface area contributed by atoms with E-state index in [0.717, 1.165) is 16.8 Å². The van der Waals surface area contributed by atoms with Gasteiger partial charge in [0.15, 0.2) is 11.5 Å². The van der Waals surface area contributed by atoms with E-state index in [1.807, 2.05) is 39.0 Å². The van der Waals surface area contributed by atoms with Crippen molar-refractivity contribution >= 4 is 23.4 Å². The van der Waals surface area contributed by atoms with Crippen LogP contribution >= 0.6 is 11.8 Å². The first-order valence-corrected chi connectivity index (χ1v) is 9.86. The van der Waals surface area contributed by atoms with Crippen molar-refractivity contribution in [1.82, 2.24) is 20.2 Å². The number of aryl methyl sites for hydroxylation is 2. The molecule has 0 unspecified atom stereocenters. The summed E-state index contributed by atoms with van der Waals surface area (Å²) in [6, 6.07) is 11.3. The Labute approximate surface area is 173 Å². The second-order valence-electron chi connectivity index (χ2n) is 6.48. The van der Waals surface area contributed by atoms with Gasteiger partial charge in [-0.15, -0.1) is 5.10 Å². The van der Waals surface area contributed by atoms with Gasteiger partial charge < -0.3 is 14.8 Å². The van der Waals surface area contributed by atoms with E-state index in [1.54, 1.807) is 37.1 Å². The van der Waals surface area contributed by atoms with E-state index in [2.05, 4.69) is 20.8 Å². The number of rotatable bonds is 7. The fraction of sp³-hybridized carbons (Fsp3) is 0.300. The minimum atomic E-state index is -0.419. The van der Waals surface area contributed by atoms with Gasteiger partial charge in [-0.1, -0.05) is 23.9 Å². The molecule has 1 N–H and O–H groups in total. The normalized spacial score (nSPS) is 11.8. The van der Waals surface area contributed by atoms with Crippen LogP contribution in [0.3, 0.4) is 0 Å². The van der Waals surface area contributed by atoms with Crippen molar-refractivity contribution < 1.29 is 14.3 Å². The topological polar surface area (TPSA) is 91.2 Å². The van der Waals surface area contributed by atoms with E-state index in [4.69, 9.17) is 9.47 Å². The zero-order chi connectivity index (χ0) is 21.0. The van der Waals surface area contributed by atoms with Crippen molar-refractivity contribution in [2.75, 3.05) is 19.5 Å². The Kier molecular flexibility index (Phi) is 6.38. The van der Waals surface area contributed by atoms with E-state index < -0.39 is 5.25 Å². The standard InChI is InChI=1S/C20H23N5O3S/c1-12-6-7-13(2)16(10-12)25-20(22-23-24-25)29-14(3)19(26)21-15-8-9-17(27-4)18(11-15)28-5/h6-11,14H,1-5H3,(H,21,26)/t14-/m1/s1. The molecule has 1 aromatic heterocycles. The first-order valence-electron chi connectivity index (χ1n) is 8.98. The molecule has 1 atom stereocenters. The van der Waals surface area contributed by atoms with E-state index in [-0.39, 0.29) is 5.91 Å². The molecule has 0 saturated heterocycles. The van der Waals surface area contributed by atoms with Gasteiger partial charge in [0.1, 0.15) is 0 Å². The van der Waals surface area contributed by atoms with Crippen LogP contribution in [-0.4, -0.2) is 45.6 Å². The van der Waals surface area contributed by atoms with Crippen molar-refractivity contribution in [3.63, 3.8) is 0 Å². The Morgan fingerprint density at radius 1 is 1.10 bits per heavy atom. The molecule has 3 aromatic rings. The molecule has 29 heavy (non-hydrogen) atoms. The van der Waals surface area contributed by atoms with E-state index >= 15 is 0 Å². The van der Waals surface area contributed by atoms with Crippen LogP contribution in [0.4, 0.5) is 5.69 Å². The average Bonchev–Trinajstić information content (AvgIpc) is 3.17. The van der Waals surface area contributed by atoms with Gasteiger partial charge in [-0.3, -0.25) is 4.79 Å². The van der Waals surface area contributed by atoms with Gasteiger partial charge in [-0.05, 0) is 60.5 Å². The van der Waals surface area contributed by atoms with Crippen LogP contribution < -0.4 is 14.8 Å². The Bertz CT molecular complexity index is 1020. The van der Waals surface area contributed by atoms with Crippen LogP contribution in [-0.2, 0) is 4.79 Å². The monoisotopic (exact) mass is 413 g/mol. The number of carbonyl (C=O) groups is 1.